The molecule has 120 valence electrons. The number of nitrogens with one attached hydrogen (secondary N) is 1. The molecule has 0 amide bonds. The minimum atomic E-state index is -3.63. The second-order valence-corrected chi connectivity index (χ2v) is 6.84. The van der Waals surface area contributed by atoms with Crippen molar-refractivity contribution in [3.63, 3.8) is 0 Å². The summed E-state index contributed by atoms with van der Waals surface area (Å²) < 4.78 is 33.1. The Morgan fingerprint density at radius 1 is 1.24 bits per heavy atom. The maximum atomic E-state index is 12.6. The predicted octanol–water partition coefficient (Wildman–Crippen LogP) is 2.91. The molecule has 1 rings (SSSR count). The third-order valence-electron chi connectivity index (χ3n) is 3.34. The first-order valence-corrected chi connectivity index (χ1v) is 8.88. The van der Waals surface area contributed by atoms with E-state index in [4.69, 9.17) is 10.5 Å². The van der Waals surface area contributed by atoms with Crippen LogP contribution in [-0.4, -0.2) is 21.6 Å². The van der Waals surface area contributed by atoms with Gasteiger partial charge in [0.05, 0.1) is 7.11 Å². The monoisotopic (exact) mass is 314 g/mol. The van der Waals surface area contributed by atoms with Crippen LogP contribution in [0.15, 0.2) is 23.1 Å². The highest BCUT2D eigenvalue weighted by molar-refractivity contribution is 7.89. The van der Waals surface area contributed by atoms with Gasteiger partial charge in [-0.25, -0.2) is 13.1 Å². The maximum absolute atomic E-state index is 12.6. The van der Waals surface area contributed by atoms with E-state index in [1.807, 2.05) is 6.92 Å². The molecule has 0 bridgehead atoms. The molecule has 1 unspecified atom stereocenters. The molecular weight excluding hydrogens is 288 g/mol. The third-order valence-corrected chi connectivity index (χ3v) is 4.88. The van der Waals surface area contributed by atoms with E-state index in [2.05, 4.69) is 11.6 Å². The first kappa shape index (κ1) is 17.8. The zero-order chi connectivity index (χ0) is 15.9. The van der Waals surface area contributed by atoms with E-state index in [9.17, 15) is 8.42 Å². The normalized spacial score (nSPS) is 13.1. The van der Waals surface area contributed by atoms with Crippen LogP contribution in [0, 0.1) is 0 Å². The van der Waals surface area contributed by atoms with E-state index < -0.39 is 10.0 Å². The van der Waals surface area contributed by atoms with Gasteiger partial charge >= 0.3 is 0 Å². The molecule has 1 aromatic carbocycles. The molecule has 21 heavy (non-hydrogen) atoms. The van der Waals surface area contributed by atoms with Crippen molar-refractivity contribution in [3.8, 4) is 5.75 Å². The molecule has 0 aliphatic rings. The molecule has 6 heteroatoms. The molecule has 0 aromatic heterocycles. The Balaban J connectivity index is 3.00. The number of sulfonamides is 1. The van der Waals surface area contributed by atoms with E-state index in [1.54, 1.807) is 12.1 Å². The SMILES string of the molecule is CCCCC(CCC)NS(=O)(=O)c1cc(N)ccc1OC. The number of hydrogen-bond acceptors (Lipinski definition) is 4. The standard InChI is InChI=1S/C15H26N2O3S/c1-4-6-8-13(7-5-2)17-21(18,19)15-11-12(16)9-10-14(15)20-3/h9-11,13,17H,4-8,16H2,1-3H3. The average Bonchev–Trinajstić information content (AvgIpc) is 2.44. The predicted molar refractivity (Wildman–Crippen MR) is 85.9 cm³/mol. The van der Waals surface area contributed by atoms with Crippen LogP contribution in [0.1, 0.15) is 46.0 Å². The molecule has 0 saturated carbocycles. The number of hydrogen-bond donors (Lipinski definition) is 2. The second kappa shape index (κ2) is 8.24. The molecule has 5 nitrogen and oxygen atoms in total. The summed E-state index contributed by atoms with van der Waals surface area (Å²) >= 11 is 0. The zero-order valence-electron chi connectivity index (χ0n) is 13.1. The van der Waals surface area contributed by atoms with E-state index in [0.717, 1.165) is 32.1 Å². The van der Waals surface area contributed by atoms with Gasteiger partial charge < -0.3 is 10.5 Å². The first-order chi connectivity index (χ1) is 9.94. The van der Waals surface area contributed by atoms with Crippen molar-refractivity contribution in [1.29, 1.82) is 0 Å². The molecule has 0 spiro atoms. The van der Waals surface area contributed by atoms with E-state index >= 15 is 0 Å². The van der Waals surface area contributed by atoms with Gasteiger partial charge in [-0.2, -0.15) is 0 Å². The molecule has 0 fully saturated rings. The quantitative estimate of drug-likeness (QED) is 0.687. The number of methoxy groups -OCH3 is 1. The van der Waals surface area contributed by atoms with Gasteiger partial charge in [-0.05, 0) is 31.0 Å². The zero-order valence-corrected chi connectivity index (χ0v) is 13.9. The van der Waals surface area contributed by atoms with Crippen LogP contribution in [-0.2, 0) is 10.0 Å². The highest BCUT2D eigenvalue weighted by Gasteiger charge is 2.23. The van der Waals surface area contributed by atoms with Gasteiger partial charge in [0, 0.05) is 11.7 Å². The number of benzene rings is 1. The summed E-state index contributed by atoms with van der Waals surface area (Å²) in [7, 11) is -2.18. The Bertz CT molecular complexity index is 544. The van der Waals surface area contributed by atoms with Crippen LogP contribution in [0.4, 0.5) is 5.69 Å². The van der Waals surface area contributed by atoms with Gasteiger partial charge in [0.15, 0.2) is 0 Å². The number of anilines is 1. The molecule has 0 aliphatic heterocycles. The average molecular weight is 314 g/mol. The number of rotatable bonds is 9. The van der Waals surface area contributed by atoms with Crippen molar-refractivity contribution >= 4 is 15.7 Å². The lowest BCUT2D eigenvalue weighted by atomic mass is 10.1. The summed E-state index contributed by atoms with van der Waals surface area (Å²) in [5, 5.41) is 0. The molecule has 0 saturated heterocycles. The van der Waals surface area contributed by atoms with E-state index in [-0.39, 0.29) is 10.9 Å². The largest absolute Gasteiger partial charge is 0.495 e. The fourth-order valence-electron chi connectivity index (χ4n) is 2.25. The van der Waals surface area contributed by atoms with Crippen LogP contribution < -0.4 is 15.2 Å². The first-order valence-electron chi connectivity index (χ1n) is 7.40. The lowest BCUT2D eigenvalue weighted by molar-refractivity contribution is 0.401. The van der Waals surface area contributed by atoms with Crippen LogP contribution in [0.2, 0.25) is 0 Å². The third kappa shape index (κ3) is 5.21. The molecule has 1 aromatic rings. The van der Waals surface area contributed by atoms with Gasteiger partial charge in [0.2, 0.25) is 10.0 Å². The summed E-state index contributed by atoms with van der Waals surface area (Å²) in [5.74, 6) is 0.308. The van der Waals surface area contributed by atoms with Crippen LogP contribution in [0.5, 0.6) is 5.75 Å². The second-order valence-electron chi connectivity index (χ2n) is 5.16. The molecule has 0 aliphatic carbocycles. The molecule has 0 heterocycles. The van der Waals surface area contributed by atoms with Gasteiger partial charge in [0.1, 0.15) is 10.6 Å². The van der Waals surface area contributed by atoms with Crippen molar-refractivity contribution in [2.75, 3.05) is 12.8 Å². The maximum Gasteiger partial charge on any atom is 0.244 e. The van der Waals surface area contributed by atoms with Crippen molar-refractivity contribution in [2.24, 2.45) is 0 Å². The molecule has 3 N–H and O–H groups in total. The van der Waals surface area contributed by atoms with Crippen LogP contribution >= 0.6 is 0 Å². The van der Waals surface area contributed by atoms with Crippen molar-refractivity contribution in [1.82, 2.24) is 4.72 Å². The summed E-state index contributed by atoms with van der Waals surface area (Å²) in [6, 6.07) is 4.58. The highest BCUT2D eigenvalue weighted by atomic mass is 32.2. The van der Waals surface area contributed by atoms with Crippen molar-refractivity contribution in [3.05, 3.63) is 18.2 Å². The lowest BCUT2D eigenvalue weighted by Gasteiger charge is -2.19. The summed E-state index contributed by atoms with van der Waals surface area (Å²) in [5.41, 5.74) is 6.10. The fraction of sp³-hybridized carbons (Fsp3) is 0.600. The van der Waals surface area contributed by atoms with Crippen LogP contribution in [0.3, 0.4) is 0 Å². The van der Waals surface area contributed by atoms with Gasteiger partial charge in [0.25, 0.3) is 0 Å². The minimum Gasteiger partial charge on any atom is -0.495 e. The Kier molecular flexibility index (Phi) is 6.98. The highest BCUT2D eigenvalue weighted by Crippen LogP contribution is 2.26. The Morgan fingerprint density at radius 3 is 2.52 bits per heavy atom. The number of unbranched alkanes of at least 4 members (excludes halogenated alkanes) is 1. The van der Waals surface area contributed by atoms with E-state index in [1.165, 1.54) is 13.2 Å². The van der Waals surface area contributed by atoms with Crippen molar-refractivity contribution in [2.45, 2.75) is 56.9 Å². The Morgan fingerprint density at radius 2 is 1.95 bits per heavy atom. The van der Waals surface area contributed by atoms with E-state index in [0.29, 0.717) is 11.4 Å². The summed E-state index contributed by atoms with van der Waals surface area (Å²) in [4.78, 5) is 0.0996. The van der Waals surface area contributed by atoms with Gasteiger partial charge in [-0.1, -0.05) is 33.1 Å². The van der Waals surface area contributed by atoms with Gasteiger partial charge in [-0.15, -0.1) is 0 Å². The Hall–Kier alpha value is -1.27. The van der Waals surface area contributed by atoms with Crippen LogP contribution in [0.25, 0.3) is 0 Å². The number of nitrogen functional groups attached to an aromatic ring is 1. The Labute approximate surface area is 127 Å². The number of nitrogens with two attached hydrogens (primary N) is 1. The lowest BCUT2D eigenvalue weighted by Crippen LogP contribution is -2.35. The summed E-state index contributed by atoms with van der Waals surface area (Å²) in [6.07, 6.45) is 4.65. The van der Waals surface area contributed by atoms with Crippen molar-refractivity contribution < 1.29 is 13.2 Å². The smallest absolute Gasteiger partial charge is 0.244 e. The summed E-state index contributed by atoms with van der Waals surface area (Å²) in [6.45, 7) is 4.15. The molecule has 0 radical (unpaired) electrons. The number of ether oxygens (including phenoxy) is 1. The molecular formula is C15H26N2O3S. The molecule has 1 atom stereocenters. The minimum absolute atomic E-state index is 0.0499. The fourth-order valence-corrected chi connectivity index (χ4v) is 3.76. The van der Waals surface area contributed by atoms with Gasteiger partial charge in [-0.3, -0.25) is 0 Å². The topological polar surface area (TPSA) is 81.4 Å².